The Morgan fingerprint density at radius 2 is 2.29 bits per heavy atom. The van der Waals surface area contributed by atoms with E-state index >= 15 is 0 Å². The van der Waals surface area contributed by atoms with E-state index in [0.717, 1.165) is 5.75 Å². The van der Waals surface area contributed by atoms with Crippen LogP contribution in [0.1, 0.15) is 17.3 Å². The lowest BCUT2D eigenvalue weighted by Gasteiger charge is -2.01. The Balaban J connectivity index is 3.13. The number of nitrogens with zero attached hydrogens (tertiary/aromatic N) is 1. The van der Waals surface area contributed by atoms with Gasteiger partial charge < -0.3 is 0 Å². The summed E-state index contributed by atoms with van der Waals surface area (Å²) in [6.45, 7) is 1.93. The summed E-state index contributed by atoms with van der Waals surface area (Å²) in [5.41, 5.74) is 0.522. The van der Waals surface area contributed by atoms with Gasteiger partial charge >= 0.3 is 0 Å². The van der Waals surface area contributed by atoms with Gasteiger partial charge in [0, 0.05) is 22.6 Å². The molecule has 1 rings (SSSR count). The number of hydrogen-bond donors (Lipinski definition) is 0. The second kappa shape index (κ2) is 4.76. The van der Waals surface area contributed by atoms with Crippen molar-refractivity contribution in [2.24, 2.45) is 0 Å². The second-order valence-electron chi connectivity index (χ2n) is 2.53. The molecular weight excluding hydrogens is 202 g/mol. The van der Waals surface area contributed by atoms with Crippen LogP contribution in [-0.2, 0) is 0 Å². The van der Waals surface area contributed by atoms with Gasteiger partial charge in [-0.2, -0.15) is 0 Å². The van der Waals surface area contributed by atoms with Crippen LogP contribution in [0, 0.1) is 10.1 Å². The molecule has 0 radical (unpaired) electrons. The maximum absolute atomic E-state index is 10.6. The maximum atomic E-state index is 10.6. The van der Waals surface area contributed by atoms with Crippen molar-refractivity contribution in [3.63, 3.8) is 0 Å². The molecule has 5 heteroatoms. The summed E-state index contributed by atoms with van der Waals surface area (Å²) in [6.07, 6.45) is 0.710. The Labute approximate surface area is 85.5 Å². The predicted octanol–water partition coefficient (Wildman–Crippen LogP) is 2.52. The van der Waals surface area contributed by atoms with Crippen LogP contribution in [0.5, 0.6) is 0 Å². The van der Waals surface area contributed by atoms with Crippen molar-refractivity contribution in [1.82, 2.24) is 0 Å². The van der Waals surface area contributed by atoms with Crippen molar-refractivity contribution >= 4 is 23.7 Å². The summed E-state index contributed by atoms with van der Waals surface area (Å²) >= 11 is 1.42. The Kier molecular flexibility index (Phi) is 3.64. The molecule has 0 aromatic heterocycles. The Morgan fingerprint density at radius 3 is 2.79 bits per heavy atom. The molecule has 0 heterocycles. The van der Waals surface area contributed by atoms with Gasteiger partial charge in [-0.3, -0.25) is 14.9 Å². The number of hydrogen-bond acceptors (Lipinski definition) is 4. The number of non-ortho nitro benzene ring substituents is 1. The Morgan fingerprint density at radius 1 is 1.57 bits per heavy atom. The molecule has 0 amide bonds. The Bertz CT molecular complexity index is 365. The minimum atomic E-state index is -0.464. The molecule has 0 aliphatic carbocycles. The molecule has 0 atom stereocenters. The fourth-order valence-corrected chi connectivity index (χ4v) is 1.81. The van der Waals surface area contributed by atoms with Crippen molar-refractivity contribution < 1.29 is 9.72 Å². The first-order valence-corrected chi connectivity index (χ1v) is 5.04. The van der Waals surface area contributed by atoms with Gasteiger partial charge in [-0.15, -0.1) is 11.8 Å². The molecule has 1 aromatic rings. The average molecular weight is 211 g/mol. The van der Waals surface area contributed by atoms with Gasteiger partial charge in [0.1, 0.15) is 0 Å². The number of nitro benzene ring substituents is 1. The third kappa shape index (κ3) is 2.32. The van der Waals surface area contributed by atoms with Crippen molar-refractivity contribution in [1.29, 1.82) is 0 Å². The standard InChI is InChI=1S/C9H9NO3S/c1-2-14-9-5-8(10(12)13)4-3-7(9)6-11/h3-6H,2H2,1H3. The van der Waals surface area contributed by atoms with Crippen LogP contribution in [0.3, 0.4) is 0 Å². The highest BCUT2D eigenvalue weighted by Gasteiger charge is 2.09. The molecule has 0 N–H and O–H groups in total. The van der Waals surface area contributed by atoms with E-state index in [-0.39, 0.29) is 5.69 Å². The summed E-state index contributed by atoms with van der Waals surface area (Å²) in [6, 6.07) is 4.24. The molecule has 4 nitrogen and oxygen atoms in total. The predicted molar refractivity (Wildman–Crippen MR) is 54.9 cm³/mol. The van der Waals surface area contributed by atoms with E-state index in [1.165, 1.54) is 30.0 Å². The largest absolute Gasteiger partial charge is 0.298 e. The molecule has 0 aliphatic heterocycles. The average Bonchev–Trinajstić information content (AvgIpc) is 2.18. The summed E-state index contributed by atoms with van der Waals surface area (Å²) in [7, 11) is 0. The van der Waals surface area contributed by atoms with Crippen LogP contribution in [0.2, 0.25) is 0 Å². The number of benzene rings is 1. The van der Waals surface area contributed by atoms with Gasteiger partial charge in [-0.25, -0.2) is 0 Å². The Hall–Kier alpha value is -1.36. The summed E-state index contributed by atoms with van der Waals surface area (Å²) in [4.78, 5) is 21.3. The van der Waals surface area contributed by atoms with E-state index in [1.807, 2.05) is 6.92 Å². The van der Waals surface area contributed by atoms with E-state index in [4.69, 9.17) is 0 Å². The molecule has 0 unspecified atom stereocenters. The second-order valence-corrected chi connectivity index (χ2v) is 3.84. The molecule has 0 saturated carbocycles. The van der Waals surface area contributed by atoms with Gasteiger partial charge in [0.2, 0.25) is 0 Å². The number of nitro groups is 1. The topological polar surface area (TPSA) is 60.2 Å². The lowest BCUT2D eigenvalue weighted by atomic mass is 10.2. The number of aldehydes is 1. The van der Waals surface area contributed by atoms with E-state index in [1.54, 1.807) is 0 Å². The summed E-state index contributed by atoms with van der Waals surface area (Å²) in [5, 5.41) is 10.5. The van der Waals surface area contributed by atoms with Crippen LogP contribution in [-0.4, -0.2) is 17.0 Å². The highest BCUT2D eigenvalue weighted by molar-refractivity contribution is 7.99. The van der Waals surface area contributed by atoms with Crippen LogP contribution >= 0.6 is 11.8 Å². The quantitative estimate of drug-likeness (QED) is 0.332. The third-order valence-electron chi connectivity index (χ3n) is 1.63. The van der Waals surface area contributed by atoms with Crippen LogP contribution in [0.15, 0.2) is 23.1 Å². The van der Waals surface area contributed by atoms with Crippen molar-refractivity contribution in [2.45, 2.75) is 11.8 Å². The molecule has 0 bridgehead atoms. The molecular formula is C9H9NO3S. The van der Waals surface area contributed by atoms with E-state index in [0.29, 0.717) is 16.7 Å². The monoisotopic (exact) mass is 211 g/mol. The minimum Gasteiger partial charge on any atom is -0.298 e. The maximum Gasteiger partial charge on any atom is 0.270 e. The van der Waals surface area contributed by atoms with Crippen molar-refractivity contribution in [3.8, 4) is 0 Å². The minimum absolute atomic E-state index is 0.0200. The zero-order valence-electron chi connectivity index (χ0n) is 7.60. The fourth-order valence-electron chi connectivity index (χ4n) is 1.01. The van der Waals surface area contributed by atoms with Crippen molar-refractivity contribution in [2.75, 3.05) is 5.75 Å². The SMILES string of the molecule is CCSc1cc([N+](=O)[O-])ccc1C=O. The number of rotatable bonds is 4. The lowest BCUT2D eigenvalue weighted by Crippen LogP contribution is -1.91. The lowest BCUT2D eigenvalue weighted by molar-refractivity contribution is -0.385. The fraction of sp³-hybridized carbons (Fsp3) is 0.222. The van der Waals surface area contributed by atoms with Crippen LogP contribution in [0.25, 0.3) is 0 Å². The zero-order valence-corrected chi connectivity index (χ0v) is 8.41. The molecule has 0 spiro atoms. The molecule has 1 aromatic carbocycles. The van der Waals surface area contributed by atoms with Gasteiger partial charge in [0.25, 0.3) is 5.69 Å². The first kappa shape index (κ1) is 10.7. The van der Waals surface area contributed by atoms with Gasteiger partial charge in [0.05, 0.1) is 4.92 Å². The van der Waals surface area contributed by atoms with Crippen LogP contribution in [0.4, 0.5) is 5.69 Å². The number of thioether (sulfide) groups is 1. The molecule has 0 saturated heterocycles. The smallest absolute Gasteiger partial charge is 0.270 e. The highest BCUT2D eigenvalue weighted by Crippen LogP contribution is 2.25. The van der Waals surface area contributed by atoms with E-state index in [2.05, 4.69) is 0 Å². The third-order valence-corrected chi connectivity index (χ3v) is 2.59. The van der Waals surface area contributed by atoms with Crippen molar-refractivity contribution in [3.05, 3.63) is 33.9 Å². The highest BCUT2D eigenvalue weighted by atomic mass is 32.2. The van der Waals surface area contributed by atoms with Gasteiger partial charge in [0.15, 0.2) is 6.29 Å². The summed E-state index contributed by atoms with van der Waals surface area (Å²) in [5.74, 6) is 0.780. The molecule has 0 aliphatic rings. The van der Waals surface area contributed by atoms with Crippen LogP contribution < -0.4 is 0 Å². The van der Waals surface area contributed by atoms with E-state index in [9.17, 15) is 14.9 Å². The first-order valence-electron chi connectivity index (χ1n) is 4.05. The molecule has 74 valence electrons. The number of carbonyl (C=O) groups excluding carboxylic acids is 1. The normalized spacial score (nSPS) is 9.79. The molecule has 0 fully saturated rings. The van der Waals surface area contributed by atoms with Gasteiger partial charge in [-0.05, 0) is 11.8 Å². The molecule has 14 heavy (non-hydrogen) atoms. The zero-order chi connectivity index (χ0) is 10.6. The number of carbonyl (C=O) groups is 1. The van der Waals surface area contributed by atoms with E-state index < -0.39 is 4.92 Å². The van der Waals surface area contributed by atoms with Gasteiger partial charge in [-0.1, -0.05) is 6.92 Å². The first-order chi connectivity index (χ1) is 6.69. The summed E-state index contributed by atoms with van der Waals surface area (Å²) < 4.78 is 0.